The van der Waals surface area contributed by atoms with Crippen molar-refractivity contribution in [3.8, 4) is 11.5 Å². The van der Waals surface area contributed by atoms with E-state index in [-0.39, 0.29) is 18.3 Å². The van der Waals surface area contributed by atoms with Gasteiger partial charge in [-0.2, -0.15) is 0 Å². The molecule has 1 amide bonds. The highest BCUT2D eigenvalue weighted by molar-refractivity contribution is 5.74. The number of aromatic nitrogens is 4. The molecule has 9 nitrogen and oxygen atoms in total. The molecule has 0 saturated carbocycles. The molecule has 1 saturated heterocycles. The molecule has 1 fully saturated rings. The first kappa shape index (κ1) is 18.6. The van der Waals surface area contributed by atoms with Crippen LogP contribution < -0.4 is 14.8 Å². The van der Waals surface area contributed by atoms with Gasteiger partial charge in [0.2, 0.25) is 17.5 Å². The van der Waals surface area contributed by atoms with E-state index >= 15 is 0 Å². The van der Waals surface area contributed by atoms with E-state index in [2.05, 4.69) is 20.5 Å². The Morgan fingerprint density at radius 3 is 3.10 bits per heavy atom. The summed E-state index contributed by atoms with van der Waals surface area (Å²) in [6.07, 6.45) is 3.81. The zero-order valence-corrected chi connectivity index (χ0v) is 16.5. The molecular formula is C20H21FN6O3. The lowest BCUT2D eigenvalue weighted by Crippen LogP contribution is -2.51. The van der Waals surface area contributed by atoms with Crippen LogP contribution in [0.4, 0.5) is 10.3 Å². The largest absolute Gasteiger partial charge is 0.493 e. The summed E-state index contributed by atoms with van der Waals surface area (Å²) in [5, 5.41) is 11.2. The van der Waals surface area contributed by atoms with Gasteiger partial charge in [-0.05, 0) is 12.1 Å². The lowest BCUT2D eigenvalue weighted by molar-refractivity contribution is -0.135. The van der Waals surface area contributed by atoms with Gasteiger partial charge in [-0.1, -0.05) is 0 Å². The number of likely N-dealkylation sites (tertiary alicyclic amines) is 1. The van der Waals surface area contributed by atoms with Crippen molar-refractivity contribution in [2.75, 3.05) is 31.6 Å². The van der Waals surface area contributed by atoms with E-state index in [0.717, 1.165) is 11.3 Å². The predicted octanol–water partition coefficient (Wildman–Crippen LogP) is 1.67. The molecule has 2 aromatic heterocycles. The van der Waals surface area contributed by atoms with Crippen molar-refractivity contribution in [2.45, 2.75) is 19.9 Å². The van der Waals surface area contributed by atoms with Gasteiger partial charge in [0, 0.05) is 50.0 Å². The van der Waals surface area contributed by atoms with Crippen molar-refractivity contribution in [1.82, 2.24) is 24.5 Å². The van der Waals surface area contributed by atoms with E-state index in [4.69, 9.17) is 9.47 Å². The van der Waals surface area contributed by atoms with E-state index in [9.17, 15) is 9.18 Å². The average molecular weight is 412 g/mol. The Hall–Kier alpha value is -3.43. The van der Waals surface area contributed by atoms with Gasteiger partial charge in [0.1, 0.15) is 17.9 Å². The van der Waals surface area contributed by atoms with Gasteiger partial charge in [0.05, 0.1) is 19.4 Å². The molecule has 0 atom stereocenters. The standard InChI is InChI=1S/C20H21FN6O3/c1-12(28)26-8-13(9-26)10-30-18-7-23-20(27-11-24-25-19(18)27)22-6-15-14-4-5-29-17(14)3-2-16(15)21/h2-3,7,11,13H,4-6,8-10H2,1H3,(H,22,23). The number of ether oxygens (including phenoxy) is 2. The number of carbonyl (C=O) groups excluding carboxylic acids is 1. The summed E-state index contributed by atoms with van der Waals surface area (Å²) >= 11 is 0. The maximum Gasteiger partial charge on any atom is 0.219 e. The molecule has 0 radical (unpaired) electrons. The monoisotopic (exact) mass is 412 g/mol. The summed E-state index contributed by atoms with van der Waals surface area (Å²) in [6.45, 7) is 4.26. The Morgan fingerprint density at radius 1 is 1.40 bits per heavy atom. The third-order valence-corrected chi connectivity index (χ3v) is 5.54. The second-order valence-electron chi connectivity index (χ2n) is 7.53. The van der Waals surface area contributed by atoms with Gasteiger partial charge in [-0.3, -0.25) is 4.79 Å². The fourth-order valence-electron chi connectivity index (χ4n) is 3.84. The number of nitrogens with zero attached hydrogens (tertiary/aromatic N) is 5. The Balaban J connectivity index is 1.29. The van der Waals surface area contributed by atoms with Crippen molar-refractivity contribution >= 4 is 17.5 Å². The topological polar surface area (TPSA) is 93.9 Å². The molecule has 30 heavy (non-hydrogen) atoms. The molecule has 2 aliphatic heterocycles. The zero-order chi connectivity index (χ0) is 20.7. The van der Waals surface area contributed by atoms with Gasteiger partial charge >= 0.3 is 0 Å². The van der Waals surface area contributed by atoms with Crippen LogP contribution in [0.15, 0.2) is 24.7 Å². The second kappa shape index (κ2) is 7.43. The number of fused-ring (bicyclic) bond motifs is 2. The van der Waals surface area contributed by atoms with E-state index in [0.29, 0.717) is 61.6 Å². The Kier molecular flexibility index (Phi) is 4.61. The van der Waals surface area contributed by atoms with E-state index in [1.54, 1.807) is 28.5 Å². The second-order valence-corrected chi connectivity index (χ2v) is 7.53. The lowest BCUT2D eigenvalue weighted by atomic mass is 10.0. The van der Waals surface area contributed by atoms with Crippen LogP contribution in [-0.4, -0.2) is 56.7 Å². The number of hydrogen-bond acceptors (Lipinski definition) is 7. The van der Waals surface area contributed by atoms with Crippen molar-refractivity contribution in [1.29, 1.82) is 0 Å². The van der Waals surface area contributed by atoms with Gasteiger partial charge in [-0.15, -0.1) is 10.2 Å². The first-order chi connectivity index (χ1) is 14.6. The van der Waals surface area contributed by atoms with Crippen LogP contribution >= 0.6 is 0 Å². The molecule has 0 unspecified atom stereocenters. The van der Waals surface area contributed by atoms with Crippen LogP contribution in [-0.2, 0) is 17.8 Å². The maximum atomic E-state index is 14.4. The highest BCUT2D eigenvalue weighted by atomic mass is 19.1. The number of anilines is 1. The Bertz CT molecular complexity index is 1110. The molecule has 4 heterocycles. The van der Waals surface area contributed by atoms with Gasteiger partial charge in [-0.25, -0.2) is 13.8 Å². The SMILES string of the molecule is CC(=O)N1CC(COc2cnc(NCc3c(F)ccc4c3CCO4)n3cnnc23)C1. The van der Waals surface area contributed by atoms with Crippen molar-refractivity contribution in [2.24, 2.45) is 5.92 Å². The summed E-state index contributed by atoms with van der Waals surface area (Å²) in [6, 6.07) is 3.09. The maximum absolute atomic E-state index is 14.4. The minimum atomic E-state index is -0.271. The minimum Gasteiger partial charge on any atom is -0.493 e. The summed E-state index contributed by atoms with van der Waals surface area (Å²) in [4.78, 5) is 17.5. The van der Waals surface area contributed by atoms with E-state index < -0.39 is 0 Å². The number of benzene rings is 1. The van der Waals surface area contributed by atoms with Crippen LogP contribution in [0, 0.1) is 11.7 Å². The molecule has 10 heteroatoms. The van der Waals surface area contributed by atoms with Crippen LogP contribution in [0.5, 0.6) is 11.5 Å². The van der Waals surface area contributed by atoms with Gasteiger partial charge in [0.25, 0.3) is 0 Å². The molecule has 156 valence electrons. The molecule has 5 rings (SSSR count). The van der Waals surface area contributed by atoms with Crippen molar-refractivity contribution in [3.05, 3.63) is 41.6 Å². The molecule has 0 spiro atoms. The smallest absolute Gasteiger partial charge is 0.219 e. The lowest BCUT2D eigenvalue weighted by Gasteiger charge is -2.38. The fraction of sp³-hybridized carbons (Fsp3) is 0.400. The third-order valence-electron chi connectivity index (χ3n) is 5.54. The van der Waals surface area contributed by atoms with Crippen LogP contribution in [0.3, 0.4) is 0 Å². The Morgan fingerprint density at radius 2 is 2.27 bits per heavy atom. The first-order valence-electron chi connectivity index (χ1n) is 9.84. The highest BCUT2D eigenvalue weighted by Gasteiger charge is 2.29. The number of carbonyl (C=O) groups is 1. The first-order valence-corrected chi connectivity index (χ1v) is 9.84. The van der Waals surface area contributed by atoms with E-state index in [1.807, 2.05) is 0 Å². The summed E-state index contributed by atoms with van der Waals surface area (Å²) in [5.74, 6) is 1.84. The molecule has 0 bridgehead atoms. The average Bonchev–Trinajstić information content (AvgIpc) is 3.36. The molecular weight excluding hydrogens is 391 g/mol. The van der Waals surface area contributed by atoms with Crippen LogP contribution in [0.1, 0.15) is 18.1 Å². The molecule has 3 aromatic rings. The normalized spacial score (nSPS) is 15.6. The Labute approximate surface area is 171 Å². The van der Waals surface area contributed by atoms with Crippen molar-refractivity contribution in [3.63, 3.8) is 0 Å². The van der Waals surface area contributed by atoms with Gasteiger partial charge in [0.15, 0.2) is 5.75 Å². The zero-order valence-electron chi connectivity index (χ0n) is 16.5. The third kappa shape index (κ3) is 3.27. The quantitative estimate of drug-likeness (QED) is 0.658. The number of amides is 1. The number of rotatable bonds is 6. The minimum absolute atomic E-state index is 0.0789. The van der Waals surface area contributed by atoms with Crippen LogP contribution in [0.25, 0.3) is 5.65 Å². The van der Waals surface area contributed by atoms with Crippen LogP contribution in [0.2, 0.25) is 0 Å². The summed E-state index contributed by atoms with van der Waals surface area (Å²) in [5.41, 5.74) is 1.99. The van der Waals surface area contributed by atoms with Crippen molar-refractivity contribution < 1.29 is 18.7 Å². The highest BCUT2D eigenvalue weighted by Crippen LogP contribution is 2.31. The molecule has 1 N–H and O–H groups in total. The predicted molar refractivity (Wildman–Crippen MR) is 105 cm³/mol. The summed E-state index contributed by atoms with van der Waals surface area (Å²) < 4.78 is 27.4. The summed E-state index contributed by atoms with van der Waals surface area (Å²) in [7, 11) is 0. The fourth-order valence-corrected chi connectivity index (χ4v) is 3.84. The number of halogens is 1. The molecule has 1 aromatic carbocycles. The van der Waals surface area contributed by atoms with Gasteiger partial charge < -0.3 is 19.7 Å². The molecule has 2 aliphatic rings. The van der Waals surface area contributed by atoms with E-state index in [1.165, 1.54) is 12.4 Å². The molecule has 0 aliphatic carbocycles. The number of hydrogen-bond donors (Lipinski definition) is 1. The number of nitrogens with one attached hydrogen (secondary N) is 1.